The number of anilines is 2. The first-order valence-corrected chi connectivity index (χ1v) is 11.2. The highest BCUT2D eigenvalue weighted by Gasteiger charge is 2.29. The van der Waals surface area contributed by atoms with Crippen molar-refractivity contribution in [3.63, 3.8) is 0 Å². The van der Waals surface area contributed by atoms with E-state index in [0.29, 0.717) is 21.3 Å². The van der Waals surface area contributed by atoms with Crippen molar-refractivity contribution in [3.05, 3.63) is 45.3 Å². The van der Waals surface area contributed by atoms with Crippen molar-refractivity contribution < 1.29 is 9.59 Å². The van der Waals surface area contributed by atoms with Crippen LogP contribution in [-0.2, 0) is 13.0 Å². The number of rotatable bonds is 5. The maximum absolute atomic E-state index is 12.4. The molecule has 1 fully saturated rings. The number of urea groups is 1. The Bertz CT molecular complexity index is 910. The van der Waals surface area contributed by atoms with Crippen molar-refractivity contribution in [3.8, 4) is 0 Å². The normalized spacial score (nSPS) is 16.6. The number of nitrogens with one attached hydrogen (secondary N) is 2. The van der Waals surface area contributed by atoms with Gasteiger partial charge < -0.3 is 11.1 Å². The highest BCUT2D eigenvalue weighted by molar-refractivity contribution is 7.17. The molecular weight excluding hydrogens is 443 g/mol. The van der Waals surface area contributed by atoms with Gasteiger partial charge in [0.1, 0.15) is 5.00 Å². The molecule has 162 valence electrons. The van der Waals surface area contributed by atoms with E-state index in [0.717, 1.165) is 42.4 Å². The van der Waals surface area contributed by atoms with Crippen molar-refractivity contribution in [1.29, 1.82) is 0 Å². The minimum atomic E-state index is -0.492. The van der Waals surface area contributed by atoms with Gasteiger partial charge in [-0.1, -0.05) is 24.4 Å². The second kappa shape index (κ2) is 10.0. The van der Waals surface area contributed by atoms with Gasteiger partial charge >= 0.3 is 6.03 Å². The fraction of sp³-hybridized carbons (Fsp3) is 0.429. The number of nitrogens with two attached hydrogens (primary N) is 1. The van der Waals surface area contributed by atoms with Gasteiger partial charge in [-0.25, -0.2) is 4.79 Å². The number of nitrogens with zero attached hydrogens (tertiary/aromatic N) is 1. The molecule has 0 bridgehead atoms. The molecule has 0 spiro atoms. The number of thiophene rings is 1. The third-order valence-electron chi connectivity index (χ3n) is 5.70. The number of primary amides is 1. The molecule has 30 heavy (non-hydrogen) atoms. The highest BCUT2D eigenvalue weighted by atomic mass is 35.5. The number of amides is 3. The van der Waals surface area contributed by atoms with Crippen LogP contribution in [0.5, 0.6) is 0 Å². The second-order valence-corrected chi connectivity index (χ2v) is 9.34. The van der Waals surface area contributed by atoms with E-state index in [4.69, 9.17) is 17.3 Å². The molecule has 2 aliphatic rings. The molecule has 1 aromatic heterocycles. The summed E-state index contributed by atoms with van der Waals surface area (Å²) >= 11 is 7.33. The minimum absolute atomic E-state index is 0. The molecule has 6 nitrogen and oxygen atoms in total. The van der Waals surface area contributed by atoms with Crippen molar-refractivity contribution in [2.24, 2.45) is 11.7 Å². The van der Waals surface area contributed by atoms with Gasteiger partial charge in [-0.2, -0.15) is 0 Å². The third-order valence-corrected chi connectivity index (χ3v) is 7.09. The van der Waals surface area contributed by atoms with Crippen LogP contribution in [0.3, 0.4) is 0 Å². The van der Waals surface area contributed by atoms with E-state index >= 15 is 0 Å². The molecule has 0 atom stereocenters. The Balaban J connectivity index is 0.00000256. The van der Waals surface area contributed by atoms with Crippen LogP contribution in [0.2, 0.25) is 5.02 Å². The lowest BCUT2D eigenvalue weighted by Gasteiger charge is -2.29. The largest absolute Gasteiger partial charge is 0.365 e. The predicted molar refractivity (Wildman–Crippen MR) is 125 cm³/mol. The summed E-state index contributed by atoms with van der Waals surface area (Å²) in [6.07, 6.45) is 6.10. The molecule has 1 aromatic carbocycles. The van der Waals surface area contributed by atoms with Crippen molar-refractivity contribution in [2.45, 2.75) is 38.6 Å². The molecule has 4 N–H and O–H groups in total. The van der Waals surface area contributed by atoms with E-state index in [1.807, 2.05) is 0 Å². The predicted octanol–water partition coefficient (Wildman–Crippen LogP) is 5.11. The van der Waals surface area contributed by atoms with Gasteiger partial charge in [-0.15, -0.1) is 23.7 Å². The first-order chi connectivity index (χ1) is 14.0. The minimum Gasteiger partial charge on any atom is -0.365 e. The van der Waals surface area contributed by atoms with E-state index in [2.05, 4.69) is 15.5 Å². The van der Waals surface area contributed by atoms with Crippen LogP contribution in [0.15, 0.2) is 24.3 Å². The Morgan fingerprint density at radius 1 is 1.17 bits per heavy atom. The molecule has 3 amide bonds. The fourth-order valence-electron chi connectivity index (χ4n) is 4.32. The highest BCUT2D eigenvalue weighted by Crippen LogP contribution is 2.38. The summed E-state index contributed by atoms with van der Waals surface area (Å²) in [6, 6.07) is 6.44. The van der Waals surface area contributed by atoms with E-state index in [9.17, 15) is 9.59 Å². The Morgan fingerprint density at radius 2 is 1.87 bits per heavy atom. The van der Waals surface area contributed by atoms with Crippen molar-refractivity contribution in [2.75, 3.05) is 23.7 Å². The summed E-state index contributed by atoms with van der Waals surface area (Å²) in [4.78, 5) is 28.2. The molecular formula is C21H26Cl2N4O2S. The SMILES string of the molecule is Cl.NC(=O)c1c(NC(=O)Nc2ccc(Cl)cc2)sc2c1CCN(CC1CCCC1)C2. The molecule has 0 saturated heterocycles. The van der Waals surface area contributed by atoms with Crippen LogP contribution >= 0.6 is 35.3 Å². The summed E-state index contributed by atoms with van der Waals surface area (Å²) < 4.78 is 0. The van der Waals surface area contributed by atoms with Gasteiger partial charge in [-0.3, -0.25) is 15.0 Å². The number of hydrogen-bond donors (Lipinski definition) is 3. The smallest absolute Gasteiger partial charge is 0.324 e. The lowest BCUT2D eigenvalue weighted by molar-refractivity contribution is 0.0999. The van der Waals surface area contributed by atoms with Crippen LogP contribution in [0.25, 0.3) is 0 Å². The molecule has 9 heteroatoms. The zero-order valence-electron chi connectivity index (χ0n) is 16.6. The van der Waals surface area contributed by atoms with Gasteiger partial charge in [0.15, 0.2) is 0 Å². The number of carbonyl (C=O) groups is 2. The molecule has 2 heterocycles. The summed E-state index contributed by atoms with van der Waals surface area (Å²) in [5.74, 6) is 0.295. The third kappa shape index (κ3) is 5.27. The standard InChI is InChI=1S/C21H25ClN4O2S.ClH/c22-14-5-7-15(8-6-14)24-21(28)25-20-18(19(23)27)16-9-10-26(12-17(16)29-20)11-13-3-1-2-4-13;/h5-8,13H,1-4,9-12H2,(H2,23,27)(H2,24,25,28);1H. The lowest BCUT2D eigenvalue weighted by Crippen LogP contribution is -2.34. The Labute approximate surface area is 191 Å². The molecule has 1 aliphatic heterocycles. The summed E-state index contributed by atoms with van der Waals surface area (Å²) in [5, 5.41) is 6.69. The number of hydrogen-bond acceptors (Lipinski definition) is 4. The van der Waals surface area contributed by atoms with E-state index in [1.165, 1.54) is 37.0 Å². The zero-order valence-corrected chi connectivity index (χ0v) is 19.0. The number of benzene rings is 1. The molecule has 4 rings (SSSR count). The van der Waals surface area contributed by atoms with Crippen LogP contribution in [0, 0.1) is 5.92 Å². The van der Waals surface area contributed by atoms with Crippen LogP contribution in [0.1, 0.15) is 46.5 Å². The average Bonchev–Trinajstić information content (AvgIpc) is 3.30. The molecule has 0 radical (unpaired) electrons. The lowest BCUT2D eigenvalue weighted by atomic mass is 10.0. The number of carbonyl (C=O) groups excluding carboxylic acids is 2. The van der Waals surface area contributed by atoms with Crippen LogP contribution in [-0.4, -0.2) is 29.9 Å². The molecule has 0 unspecified atom stereocenters. The summed E-state index contributed by atoms with van der Waals surface area (Å²) in [7, 11) is 0. The number of fused-ring (bicyclic) bond motifs is 1. The summed E-state index contributed by atoms with van der Waals surface area (Å²) in [5.41, 5.74) is 7.73. The van der Waals surface area contributed by atoms with Crippen molar-refractivity contribution >= 4 is 58.0 Å². The maximum atomic E-state index is 12.4. The van der Waals surface area contributed by atoms with Gasteiger partial charge in [0.05, 0.1) is 5.56 Å². The quantitative estimate of drug-likeness (QED) is 0.569. The van der Waals surface area contributed by atoms with Gasteiger partial charge in [0, 0.05) is 35.2 Å². The van der Waals surface area contributed by atoms with Gasteiger partial charge in [0.2, 0.25) is 0 Å². The van der Waals surface area contributed by atoms with Gasteiger partial charge in [0.25, 0.3) is 5.91 Å². The second-order valence-electron chi connectivity index (χ2n) is 7.79. The summed E-state index contributed by atoms with van der Waals surface area (Å²) in [6.45, 7) is 2.86. The fourth-order valence-corrected chi connectivity index (χ4v) is 5.73. The molecule has 1 aliphatic carbocycles. The van der Waals surface area contributed by atoms with E-state index < -0.39 is 11.9 Å². The first-order valence-electron chi connectivity index (χ1n) is 10.00. The van der Waals surface area contributed by atoms with E-state index in [1.54, 1.807) is 24.3 Å². The van der Waals surface area contributed by atoms with Gasteiger partial charge in [-0.05, 0) is 55.0 Å². The Kier molecular flexibility index (Phi) is 7.63. The van der Waals surface area contributed by atoms with Crippen LogP contribution in [0.4, 0.5) is 15.5 Å². The first kappa shape index (κ1) is 22.9. The molecule has 2 aromatic rings. The monoisotopic (exact) mass is 468 g/mol. The van der Waals surface area contributed by atoms with Crippen LogP contribution < -0.4 is 16.4 Å². The average molecular weight is 469 g/mol. The van der Waals surface area contributed by atoms with Crippen molar-refractivity contribution in [1.82, 2.24) is 4.90 Å². The Morgan fingerprint density at radius 3 is 2.53 bits per heavy atom. The number of halogens is 2. The maximum Gasteiger partial charge on any atom is 0.324 e. The molecule has 1 saturated carbocycles. The zero-order chi connectivity index (χ0) is 20.4. The Hall–Kier alpha value is -1.80. The topological polar surface area (TPSA) is 87.5 Å². The van der Waals surface area contributed by atoms with E-state index in [-0.39, 0.29) is 12.4 Å².